The average Bonchev–Trinajstić information content (AvgIpc) is 2.13. The average molecular weight is 225 g/mol. The third-order valence-electron chi connectivity index (χ3n) is 3.47. The number of nitrogens with one attached hydrogen (secondary N) is 1. The van der Waals surface area contributed by atoms with Crippen LogP contribution >= 0.6 is 0 Å². The Morgan fingerprint density at radius 3 is 2.25 bits per heavy atom. The lowest BCUT2D eigenvalue weighted by Crippen LogP contribution is -2.47. The van der Waals surface area contributed by atoms with Crippen LogP contribution in [0.25, 0.3) is 0 Å². The second-order valence-corrected chi connectivity index (χ2v) is 4.98. The molecule has 1 fully saturated rings. The molecule has 0 spiro atoms. The molecule has 0 bridgehead atoms. The highest BCUT2D eigenvalue weighted by Crippen LogP contribution is 2.47. The van der Waals surface area contributed by atoms with Gasteiger partial charge in [0.05, 0.1) is 0 Å². The normalized spacial score (nSPS) is 28.9. The van der Waals surface area contributed by atoms with E-state index in [0.29, 0.717) is 5.92 Å². The molecule has 0 aromatic heterocycles. The summed E-state index contributed by atoms with van der Waals surface area (Å²) < 4.78 is 26.4. The first-order chi connectivity index (χ1) is 7.55. The lowest BCUT2D eigenvalue weighted by atomic mass is 9.59. The van der Waals surface area contributed by atoms with Crippen molar-refractivity contribution in [2.24, 2.45) is 5.92 Å². The van der Waals surface area contributed by atoms with E-state index in [1.165, 1.54) is 12.1 Å². The molecule has 2 rings (SSSR count). The molecule has 0 heterocycles. The van der Waals surface area contributed by atoms with Crippen LogP contribution in [0.5, 0.6) is 0 Å². The molecule has 1 aliphatic rings. The second kappa shape index (κ2) is 4.13. The molecular formula is C13H17F2N. The van der Waals surface area contributed by atoms with Crippen molar-refractivity contribution in [1.82, 2.24) is 5.32 Å². The van der Waals surface area contributed by atoms with Gasteiger partial charge in [-0.2, -0.15) is 0 Å². The molecule has 1 nitrogen and oxygen atoms in total. The first-order valence-electron chi connectivity index (χ1n) is 5.67. The van der Waals surface area contributed by atoms with Crippen LogP contribution < -0.4 is 5.32 Å². The minimum atomic E-state index is -0.481. The smallest absolute Gasteiger partial charge is 0.126 e. The lowest BCUT2D eigenvalue weighted by molar-refractivity contribution is 0.154. The molecule has 0 amide bonds. The molecule has 16 heavy (non-hydrogen) atoms. The van der Waals surface area contributed by atoms with Gasteiger partial charge in [-0.1, -0.05) is 6.92 Å². The van der Waals surface area contributed by atoms with Crippen LogP contribution in [0.1, 0.15) is 25.3 Å². The van der Waals surface area contributed by atoms with E-state index in [4.69, 9.17) is 0 Å². The van der Waals surface area contributed by atoms with Crippen molar-refractivity contribution in [3.8, 4) is 0 Å². The molecular weight excluding hydrogens is 208 g/mol. The number of hydrogen-bond acceptors (Lipinski definition) is 1. The van der Waals surface area contributed by atoms with Gasteiger partial charge in [0, 0.05) is 18.0 Å². The summed E-state index contributed by atoms with van der Waals surface area (Å²) in [5, 5.41) is 3.12. The molecule has 1 aliphatic carbocycles. The van der Waals surface area contributed by atoms with Crippen LogP contribution in [-0.2, 0) is 5.41 Å². The van der Waals surface area contributed by atoms with Gasteiger partial charge in [-0.05, 0) is 43.5 Å². The van der Waals surface area contributed by atoms with E-state index < -0.39 is 11.6 Å². The molecule has 3 heteroatoms. The van der Waals surface area contributed by atoms with E-state index in [-0.39, 0.29) is 5.41 Å². The molecule has 0 atom stereocenters. The fourth-order valence-corrected chi connectivity index (χ4v) is 2.95. The quantitative estimate of drug-likeness (QED) is 0.834. The standard InChI is InChI=1S/C13H17F2N/c1-9-6-13(7-9,8-16-2)10-3-11(14)5-12(15)4-10/h3-5,9,16H,6-8H2,1-2H3. The van der Waals surface area contributed by atoms with Crippen LogP contribution in [0.2, 0.25) is 0 Å². The SMILES string of the molecule is CNCC1(c2cc(F)cc(F)c2)CC(C)C1. The van der Waals surface area contributed by atoms with E-state index in [1.807, 2.05) is 7.05 Å². The summed E-state index contributed by atoms with van der Waals surface area (Å²) in [7, 11) is 1.88. The molecule has 1 N–H and O–H groups in total. The molecule has 1 aromatic carbocycles. The van der Waals surface area contributed by atoms with Crippen molar-refractivity contribution in [2.75, 3.05) is 13.6 Å². The Morgan fingerprint density at radius 2 is 1.81 bits per heavy atom. The molecule has 0 radical (unpaired) electrons. The van der Waals surface area contributed by atoms with Crippen molar-refractivity contribution in [1.29, 1.82) is 0 Å². The zero-order valence-corrected chi connectivity index (χ0v) is 9.69. The Morgan fingerprint density at radius 1 is 1.25 bits per heavy atom. The predicted molar refractivity (Wildman–Crippen MR) is 60.4 cm³/mol. The van der Waals surface area contributed by atoms with Crippen molar-refractivity contribution in [3.05, 3.63) is 35.4 Å². The van der Waals surface area contributed by atoms with Gasteiger partial charge in [-0.25, -0.2) is 8.78 Å². The number of likely N-dealkylation sites (N-methyl/N-ethyl adjacent to an activating group) is 1. The monoisotopic (exact) mass is 225 g/mol. The van der Waals surface area contributed by atoms with Gasteiger partial charge in [0.15, 0.2) is 0 Å². The Bertz CT molecular complexity index is 358. The van der Waals surface area contributed by atoms with Crippen molar-refractivity contribution < 1.29 is 8.78 Å². The van der Waals surface area contributed by atoms with E-state index in [1.54, 1.807) is 0 Å². The van der Waals surface area contributed by atoms with E-state index in [9.17, 15) is 8.78 Å². The molecule has 0 saturated heterocycles. The summed E-state index contributed by atoms with van der Waals surface area (Å²) in [6, 6.07) is 3.86. The van der Waals surface area contributed by atoms with Gasteiger partial charge >= 0.3 is 0 Å². The van der Waals surface area contributed by atoms with Crippen molar-refractivity contribution >= 4 is 0 Å². The lowest BCUT2D eigenvalue weighted by Gasteiger charge is -2.47. The van der Waals surface area contributed by atoms with E-state index in [2.05, 4.69) is 12.2 Å². The van der Waals surface area contributed by atoms with Gasteiger partial charge in [-0.15, -0.1) is 0 Å². The van der Waals surface area contributed by atoms with Gasteiger partial charge in [0.2, 0.25) is 0 Å². The van der Waals surface area contributed by atoms with Crippen LogP contribution in [0.4, 0.5) is 8.78 Å². The Kier molecular flexibility index (Phi) is 2.98. The molecule has 1 saturated carbocycles. The summed E-state index contributed by atoms with van der Waals surface area (Å²) in [6.07, 6.45) is 1.99. The third-order valence-corrected chi connectivity index (χ3v) is 3.47. The predicted octanol–water partition coefficient (Wildman–Crippen LogP) is 2.85. The molecule has 0 aliphatic heterocycles. The zero-order valence-electron chi connectivity index (χ0n) is 9.69. The Balaban J connectivity index is 2.32. The number of rotatable bonds is 3. The second-order valence-electron chi connectivity index (χ2n) is 4.98. The number of benzene rings is 1. The van der Waals surface area contributed by atoms with Gasteiger partial charge in [0.25, 0.3) is 0 Å². The first-order valence-corrected chi connectivity index (χ1v) is 5.67. The van der Waals surface area contributed by atoms with Gasteiger partial charge in [0.1, 0.15) is 11.6 Å². The molecule has 88 valence electrons. The molecule has 0 unspecified atom stereocenters. The first kappa shape index (κ1) is 11.5. The largest absolute Gasteiger partial charge is 0.319 e. The summed E-state index contributed by atoms with van der Waals surface area (Å²) >= 11 is 0. The Hall–Kier alpha value is -0.960. The maximum Gasteiger partial charge on any atom is 0.126 e. The summed E-state index contributed by atoms with van der Waals surface area (Å²) in [5.41, 5.74) is 0.717. The van der Waals surface area contributed by atoms with Gasteiger partial charge in [-0.3, -0.25) is 0 Å². The minimum Gasteiger partial charge on any atom is -0.319 e. The van der Waals surface area contributed by atoms with Crippen molar-refractivity contribution in [2.45, 2.75) is 25.2 Å². The fourth-order valence-electron chi connectivity index (χ4n) is 2.95. The third kappa shape index (κ3) is 1.96. The highest BCUT2D eigenvalue weighted by Gasteiger charge is 2.43. The van der Waals surface area contributed by atoms with E-state index >= 15 is 0 Å². The number of hydrogen-bond donors (Lipinski definition) is 1. The zero-order chi connectivity index (χ0) is 11.8. The topological polar surface area (TPSA) is 12.0 Å². The van der Waals surface area contributed by atoms with Crippen LogP contribution in [0, 0.1) is 17.6 Å². The minimum absolute atomic E-state index is 0.0723. The fraction of sp³-hybridized carbons (Fsp3) is 0.538. The Labute approximate surface area is 94.9 Å². The van der Waals surface area contributed by atoms with E-state index in [0.717, 1.165) is 31.0 Å². The summed E-state index contributed by atoms with van der Waals surface area (Å²) in [5.74, 6) is -0.324. The summed E-state index contributed by atoms with van der Waals surface area (Å²) in [6.45, 7) is 2.95. The maximum absolute atomic E-state index is 13.2. The highest BCUT2D eigenvalue weighted by molar-refractivity contribution is 5.30. The van der Waals surface area contributed by atoms with Crippen LogP contribution in [0.15, 0.2) is 18.2 Å². The van der Waals surface area contributed by atoms with Crippen LogP contribution in [-0.4, -0.2) is 13.6 Å². The molecule has 1 aromatic rings. The maximum atomic E-state index is 13.2. The van der Waals surface area contributed by atoms with Gasteiger partial charge < -0.3 is 5.32 Å². The summed E-state index contributed by atoms with van der Waals surface area (Å²) in [4.78, 5) is 0. The van der Waals surface area contributed by atoms with Crippen molar-refractivity contribution in [3.63, 3.8) is 0 Å². The van der Waals surface area contributed by atoms with Crippen LogP contribution in [0.3, 0.4) is 0 Å². The highest BCUT2D eigenvalue weighted by atomic mass is 19.1. The number of halogens is 2.